The zero-order valence-electron chi connectivity index (χ0n) is 11.8. The van der Waals surface area contributed by atoms with Crippen LogP contribution in [0.1, 0.15) is 15.9 Å². The van der Waals surface area contributed by atoms with Crippen molar-refractivity contribution in [2.75, 3.05) is 18.4 Å². The lowest BCUT2D eigenvalue weighted by molar-refractivity contribution is 0.102. The number of morpholine rings is 1. The maximum Gasteiger partial charge on any atom is 0.255 e. The topological polar surface area (TPSA) is 53.7 Å². The largest absolute Gasteiger partial charge is 0.358 e. The summed E-state index contributed by atoms with van der Waals surface area (Å²) in [5, 5.41) is 6.75. The first-order chi connectivity index (χ1) is 10.7. The number of halogens is 1. The van der Waals surface area contributed by atoms with Crippen LogP contribution in [0.15, 0.2) is 48.5 Å². The zero-order valence-corrected chi connectivity index (χ0v) is 12.6. The standard InChI is InChI=1S/C17H15ClN2O2/c18-13-3-1-2-11(8-13)16(21)20-14-6-4-12(5-7-14)17-10-19-9-15(17)22-17/h1-8,15,19H,9-10H2,(H,20,21)/t15-,17-/m0/s1. The molecule has 0 unspecified atom stereocenters. The van der Waals surface area contributed by atoms with Crippen LogP contribution in [0.25, 0.3) is 0 Å². The Morgan fingerprint density at radius 1 is 1.27 bits per heavy atom. The summed E-state index contributed by atoms with van der Waals surface area (Å²) in [4.78, 5) is 12.2. The van der Waals surface area contributed by atoms with Gasteiger partial charge >= 0.3 is 0 Å². The van der Waals surface area contributed by atoms with Gasteiger partial charge in [0, 0.05) is 29.4 Å². The van der Waals surface area contributed by atoms with E-state index in [1.807, 2.05) is 24.3 Å². The predicted octanol–water partition coefficient (Wildman–Crippen LogP) is 2.79. The number of epoxide rings is 1. The normalized spacial score (nSPS) is 25.6. The van der Waals surface area contributed by atoms with Gasteiger partial charge in [0.1, 0.15) is 11.7 Å². The summed E-state index contributed by atoms with van der Waals surface area (Å²) in [6, 6.07) is 14.7. The maximum absolute atomic E-state index is 12.2. The summed E-state index contributed by atoms with van der Waals surface area (Å²) in [5.41, 5.74) is 2.31. The molecule has 2 aliphatic heterocycles. The molecular weight excluding hydrogens is 300 g/mol. The first kappa shape index (κ1) is 13.8. The number of hydrogen-bond acceptors (Lipinski definition) is 3. The number of ether oxygens (including phenoxy) is 1. The number of carbonyl (C=O) groups excluding carboxylic acids is 1. The number of amides is 1. The number of fused-ring (bicyclic) bond motifs is 1. The van der Waals surface area contributed by atoms with Crippen LogP contribution >= 0.6 is 11.6 Å². The molecule has 5 heteroatoms. The third-order valence-corrected chi connectivity index (χ3v) is 4.49. The molecule has 0 saturated carbocycles. The van der Waals surface area contributed by atoms with Crippen molar-refractivity contribution in [2.24, 2.45) is 0 Å². The molecule has 0 aromatic heterocycles. The molecule has 0 spiro atoms. The Bertz CT molecular complexity index is 732. The van der Waals surface area contributed by atoms with Crippen LogP contribution in [0.4, 0.5) is 5.69 Å². The van der Waals surface area contributed by atoms with Crippen molar-refractivity contribution in [3.8, 4) is 0 Å². The Hall–Kier alpha value is -1.88. The fourth-order valence-electron chi connectivity index (χ4n) is 3.00. The Balaban J connectivity index is 1.49. The second-order valence-electron chi connectivity index (χ2n) is 5.67. The highest BCUT2D eigenvalue weighted by molar-refractivity contribution is 6.31. The fourth-order valence-corrected chi connectivity index (χ4v) is 3.19. The number of anilines is 1. The van der Waals surface area contributed by atoms with Crippen molar-refractivity contribution in [1.82, 2.24) is 5.32 Å². The van der Waals surface area contributed by atoms with Gasteiger partial charge in [0.2, 0.25) is 0 Å². The zero-order chi connectivity index (χ0) is 15.2. The Morgan fingerprint density at radius 3 is 2.73 bits per heavy atom. The highest BCUT2D eigenvalue weighted by Gasteiger charge is 2.60. The summed E-state index contributed by atoms with van der Waals surface area (Å²) in [6.45, 7) is 1.76. The van der Waals surface area contributed by atoms with E-state index in [4.69, 9.17) is 16.3 Å². The molecule has 2 saturated heterocycles. The summed E-state index contributed by atoms with van der Waals surface area (Å²) in [5.74, 6) is -0.170. The minimum atomic E-state index is -0.170. The third-order valence-electron chi connectivity index (χ3n) is 4.25. The molecule has 2 aromatic carbocycles. The smallest absolute Gasteiger partial charge is 0.255 e. The van der Waals surface area contributed by atoms with Crippen LogP contribution < -0.4 is 10.6 Å². The minimum Gasteiger partial charge on any atom is -0.358 e. The van der Waals surface area contributed by atoms with Gasteiger partial charge in [-0.25, -0.2) is 0 Å². The number of benzene rings is 2. The van der Waals surface area contributed by atoms with Gasteiger partial charge in [-0.1, -0.05) is 29.8 Å². The minimum absolute atomic E-state index is 0.143. The molecular formula is C17H15ClN2O2. The molecule has 2 atom stereocenters. The van der Waals surface area contributed by atoms with E-state index in [1.54, 1.807) is 24.3 Å². The second kappa shape index (κ2) is 5.09. The van der Waals surface area contributed by atoms with Crippen LogP contribution in [-0.4, -0.2) is 25.1 Å². The van der Waals surface area contributed by atoms with Gasteiger partial charge in [-0.15, -0.1) is 0 Å². The van der Waals surface area contributed by atoms with Gasteiger partial charge in [-0.2, -0.15) is 0 Å². The van der Waals surface area contributed by atoms with Crippen molar-refractivity contribution < 1.29 is 9.53 Å². The molecule has 2 fully saturated rings. The van der Waals surface area contributed by atoms with Gasteiger partial charge in [0.05, 0.1) is 0 Å². The molecule has 112 valence electrons. The molecule has 22 heavy (non-hydrogen) atoms. The summed E-state index contributed by atoms with van der Waals surface area (Å²) in [6.07, 6.45) is 0.291. The quantitative estimate of drug-likeness (QED) is 0.857. The van der Waals surface area contributed by atoms with Gasteiger partial charge in [-0.05, 0) is 35.9 Å². The van der Waals surface area contributed by atoms with Gasteiger partial charge < -0.3 is 15.4 Å². The fraction of sp³-hybridized carbons (Fsp3) is 0.235. The van der Waals surface area contributed by atoms with Gasteiger partial charge in [0.15, 0.2) is 0 Å². The van der Waals surface area contributed by atoms with Crippen molar-refractivity contribution >= 4 is 23.2 Å². The number of carbonyl (C=O) groups is 1. The summed E-state index contributed by atoms with van der Waals surface area (Å²) < 4.78 is 5.77. The maximum atomic E-state index is 12.2. The van der Waals surface area contributed by atoms with Gasteiger partial charge in [-0.3, -0.25) is 4.79 Å². The Kier molecular flexibility index (Phi) is 3.18. The monoisotopic (exact) mass is 314 g/mol. The van der Waals surface area contributed by atoms with Crippen LogP contribution in [-0.2, 0) is 10.3 Å². The first-order valence-corrected chi connectivity index (χ1v) is 7.61. The SMILES string of the molecule is O=C(Nc1ccc([C@@]23CNC[C@@H]2O3)cc1)c1cccc(Cl)c1. The second-order valence-corrected chi connectivity index (χ2v) is 6.11. The molecule has 4 rings (SSSR count). The Morgan fingerprint density at radius 2 is 2.09 bits per heavy atom. The van der Waals surface area contributed by atoms with E-state index >= 15 is 0 Å². The first-order valence-electron chi connectivity index (χ1n) is 7.23. The molecule has 4 nitrogen and oxygen atoms in total. The highest BCUT2D eigenvalue weighted by Crippen LogP contribution is 2.48. The van der Waals surface area contributed by atoms with Crippen LogP contribution in [0.2, 0.25) is 5.02 Å². The lowest BCUT2D eigenvalue weighted by Crippen LogP contribution is -2.20. The molecule has 1 amide bonds. The van der Waals surface area contributed by atoms with E-state index in [-0.39, 0.29) is 11.5 Å². The molecule has 2 N–H and O–H groups in total. The van der Waals surface area contributed by atoms with Crippen LogP contribution in [0.3, 0.4) is 0 Å². The molecule has 0 aliphatic carbocycles. The van der Waals surface area contributed by atoms with E-state index in [9.17, 15) is 4.79 Å². The van der Waals surface area contributed by atoms with E-state index in [2.05, 4.69) is 10.6 Å². The predicted molar refractivity (Wildman–Crippen MR) is 85.3 cm³/mol. The third kappa shape index (κ3) is 2.29. The summed E-state index contributed by atoms with van der Waals surface area (Å²) in [7, 11) is 0. The van der Waals surface area contributed by atoms with Crippen molar-refractivity contribution in [2.45, 2.75) is 11.7 Å². The molecule has 0 radical (unpaired) electrons. The number of rotatable bonds is 3. The van der Waals surface area contributed by atoms with Crippen molar-refractivity contribution in [3.63, 3.8) is 0 Å². The molecule has 2 heterocycles. The average Bonchev–Trinajstić information content (AvgIpc) is 3.09. The highest BCUT2D eigenvalue weighted by atomic mass is 35.5. The summed E-state index contributed by atoms with van der Waals surface area (Å²) >= 11 is 5.91. The van der Waals surface area contributed by atoms with E-state index < -0.39 is 0 Å². The van der Waals surface area contributed by atoms with Crippen molar-refractivity contribution in [3.05, 3.63) is 64.7 Å². The van der Waals surface area contributed by atoms with Crippen LogP contribution in [0, 0.1) is 0 Å². The molecule has 2 aromatic rings. The lowest BCUT2D eigenvalue weighted by Gasteiger charge is -2.11. The number of hydrogen-bond donors (Lipinski definition) is 2. The Labute approximate surface area is 133 Å². The van der Waals surface area contributed by atoms with E-state index in [1.165, 1.54) is 0 Å². The average molecular weight is 315 g/mol. The van der Waals surface area contributed by atoms with Gasteiger partial charge in [0.25, 0.3) is 5.91 Å². The van der Waals surface area contributed by atoms with Crippen molar-refractivity contribution in [1.29, 1.82) is 0 Å². The lowest BCUT2D eigenvalue weighted by atomic mass is 9.97. The van der Waals surface area contributed by atoms with Crippen LogP contribution in [0.5, 0.6) is 0 Å². The molecule has 2 aliphatic rings. The van der Waals surface area contributed by atoms with E-state index in [0.29, 0.717) is 16.7 Å². The number of nitrogens with one attached hydrogen (secondary N) is 2. The van der Waals surface area contributed by atoms with E-state index in [0.717, 1.165) is 24.3 Å². The molecule has 0 bridgehead atoms.